The first kappa shape index (κ1) is 17.1. The molecule has 0 radical (unpaired) electrons. The van der Waals surface area contributed by atoms with Crippen LogP contribution >= 0.6 is 15.9 Å². The molecule has 102 valence electrons. The first-order valence-corrected chi connectivity index (χ1v) is 8.23. The van der Waals surface area contributed by atoms with Crippen LogP contribution in [0.1, 0.15) is 12.8 Å². The second kappa shape index (κ2) is 6.84. The normalized spacial score (nSPS) is 13.1. The molecule has 6 N–H and O–H groups in total. The Kier molecular flexibility index (Phi) is 6.86. The van der Waals surface area contributed by atoms with Crippen LogP contribution in [-0.2, 0) is 4.79 Å². The molecule has 0 saturated heterocycles. The van der Waals surface area contributed by atoms with Gasteiger partial charge in [0, 0.05) is 6.42 Å². The standard InChI is InChI=1S/C6H15NO8P2/c8-6(9)2-1-3-7(4-16(10,11)12)5-17(13,14)15/h1-5H2,(H,8,9)(H2,10,11,12)(H2,13,14,15)/p+1. The molecular weight excluding hydrogens is 276 g/mol. The Morgan fingerprint density at radius 1 is 1.06 bits per heavy atom. The van der Waals surface area contributed by atoms with Crippen LogP contribution in [0.4, 0.5) is 0 Å². The van der Waals surface area contributed by atoms with Crippen LogP contribution in [0.25, 0.3) is 0 Å². The van der Waals surface area contributed by atoms with Gasteiger partial charge in [0.25, 0.3) is 15.9 Å². The van der Waals surface area contributed by atoms with E-state index >= 15 is 0 Å². The number of hydrogen-bond acceptors (Lipinski definition) is 7. The molecule has 0 unspecified atom stereocenters. The lowest BCUT2D eigenvalue weighted by Crippen LogP contribution is -3.12. The van der Waals surface area contributed by atoms with Gasteiger partial charge in [-0.25, -0.2) is 19.6 Å². The van der Waals surface area contributed by atoms with Gasteiger partial charge in [0.05, 0.1) is 13.0 Å². The number of quaternary nitrogens is 1. The van der Waals surface area contributed by atoms with Gasteiger partial charge < -0.3 is 14.9 Å². The summed E-state index contributed by atoms with van der Waals surface area (Å²) in [4.78, 5) is 66.5. The zero-order valence-electron chi connectivity index (χ0n) is 8.89. The van der Waals surface area contributed by atoms with Gasteiger partial charge in [-0.05, 0) is 0 Å². The highest BCUT2D eigenvalue weighted by atomic mass is 31.2. The molecule has 9 nitrogen and oxygen atoms in total. The molecule has 0 aliphatic rings. The van der Waals surface area contributed by atoms with Crippen LogP contribution in [0.5, 0.6) is 0 Å². The topological polar surface area (TPSA) is 169 Å². The fourth-order valence-corrected chi connectivity index (χ4v) is 3.16. The summed E-state index contributed by atoms with van der Waals surface area (Å²) >= 11 is 0. The molecule has 0 bridgehead atoms. The molecule has 0 saturated carbocycles. The summed E-state index contributed by atoms with van der Waals surface area (Å²) in [5, 5.41) is 8.38. The highest BCUT2D eigenvalue weighted by molar-refractivity contribution is 7.57. The summed E-state index contributed by atoms with van der Waals surface area (Å²) in [6.07, 6.45) is -1.58. The minimum absolute atomic E-state index is 0.00656. The van der Waals surface area contributed by atoms with E-state index in [9.17, 15) is 14.6 Å². The SMILES string of the molecule is O=C(O)CCC[NH+](C[P+]([O-])(O)O)C[P+]([O-])(O)O. The summed E-state index contributed by atoms with van der Waals surface area (Å²) in [7, 11) is -8.80. The number of hydrogen-bond donors (Lipinski definition) is 6. The van der Waals surface area contributed by atoms with E-state index in [1.807, 2.05) is 0 Å². The monoisotopic (exact) mass is 292 g/mol. The summed E-state index contributed by atoms with van der Waals surface area (Å²) in [5.74, 6) is -1.07. The van der Waals surface area contributed by atoms with E-state index in [0.29, 0.717) is 0 Å². The number of nitrogens with one attached hydrogen (secondary N) is 1. The van der Waals surface area contributed by atoms with Crippen molar-refractivity contribution in [2.45, 2.75) is 12.8 Å². The maximum atomic E-state index is 10.7. The summed E-state index contributed by atoms with van der Waals surface area (Å²) in [6, 6.07) is 0. The summed E-state index contributed by atoms with van der Waals surface area (Å²) in [5.41, 5.74) is 0. The molecule has 0 aromatic rings. The van der Waals surface area contributed by atoms with Gasteiger partial charge in [0.15, 0.2) is 0 Å². The highest BCUT2D eigenvalue weighted by Crippen LogP contribution is 2.38. The smallest absolute Gasteiger partial charge is 0.303 e. The van der Waals surface area contributed by atoms with Gasteiger partial charge in [-0.3, -0.25) is 9.69 Å². The van der Waals surface area contributed by atoms with Crippen LogP contribution in [-0.4, -0.2) is 49.8 Å². The van der Waals surface area contributed by atoms with Crippen LogP contribution < -0.4 is 14.7 Å². The van der Waals surface area contributed by atoms with Gasteiger partial charge >= 0.3 is 5.97 Å². The molecular formula is C6H16NO8P2+. The lowest BCUT2D eigenvalue weighted by Gasteiger charge is -2.25. The summed E-state index contributed by atoms with van der Waals surface area (Å²) in [6.45, 7) is -0.0253. The predicted octanol–water partition coefficient (Wildman–Crippen LogP) is -4.13. The molecule has 0 heterocycles. The lowest BCUT2D eigenvalue weighted by molar-refractivity contribution is -0.881. The first-order valence-electron chi connectivity index (χ1n) is 4.64. The Balaban J connectivity index is 4.26. The van der Waals surface area contributed by atoms with E-state index in [0.717, 1.165) is 0 Å². The highest BCUT2D eigenvalue weighted by Gasteiger charge is 2.34. The fourth-order valence-electron chi connectivity index (χ4n) is 1.28. The Labute approximate surface area is 98.7 Å². The molecule has 17 heavy (non-hydrogen) atoms. The maximum Gasteiger partial charge on any atom is 0.303 e. The Bertz CT molecular complexity index is 233. The van der Waals surface area contributed by atoms with E-state index in [1.54, 1.807) is 0 Å². The lowest BCUT2D eigenvalue weighted by atomic mass is 10.3. The fraction of sp³-hybridized carbons (Fsp3) is 0.833. The van der Waals surface area contributed by atoms with Crippen LogP contribution in [0.3, 0.4) is 0 Å². The van der Waals surface area contributed by atoms with Gasteiger partial charge in [0.2, 0.25) is 12.6 Å². The van der Waals surface area contributed by atoms with Crippen molar-refractivity contribution in [1.29, 1.82) is 0 Å². The second-order valence-electron chi connectivity index (χ2n) is 3.64. The molecule has 0 fully saturated rings. The van der Waals surface area contributed by atoms with Crippen molar-refractivity contribution in [3.63, 3.8) is 0 Å². The third kappa shape index (κ3) is 12.3. The number of carboxylic acid groups (broad SMARTS) is 1. The Morgan fingerprint density at radius 2 is 1.47 bits per heavy atom. The van der Waals surface area contributed by atoms with Crippen molar-refractivity contribution < 1.29 is 44.2 Å². The average Bonchev–Trinajstić information content (AvgIpc) is 1.95. The van der Waals surface area contributed by atoms with E-state index in [2.05, 4.69) is 0 Å². The van der Waals surface area contributed by atoms with E-state index < -0.39 is 34.4 Å². The van der Waals surface area contributed by atoms with Gasteiger partial charge in [-0.15, -0.1) is 0 Å². The third-order valence-electron chi connectivity index (χ3n) is 1.78. The molecule has 0 rings (SSSR count). The number of aliphatic carboxylic acids is 1. The van der Waals surface area contributed by atoms with Crippen molar-refractivity contribution >= 4 is 21.9 Å². The zero-order valence-corrected chi connectivity index (χ0v) is 10.7. The molecule has 0 aromatic heterocycles. The molecule has 0 aliphatic carbocycles. The van der Waals surface area contributed by atoms with Crippen LogP contribution in [0.2, 0.25) is 0 Å². The van der Waals surface area contributed by atoms with Crippen molar-refractivity contribution in [3.8, 4) is 0 Å². The van der Waals surface area contributed by atoms with Gasteiger partial charge in [-0.2, -0.15) is 0 Å². The molecule has 0 aromatic carbocycles. The van der Waals surface area contributed by atoms with Crippen molar-refractivity contribution in [2.75, 3.05) is 19.1 Å². The van der Waals surface area contributed by atoms with Gasteiger partial charge in [0.1, 0.15) is 0 Å². The number of carbonyl (C=O) groups is 1. The van der Waals surface area contributed by atoms with E-state index in [4.69, 9.17) is 24.7 Å². The largest absolute Gasteiger partial charge is 0.627 e. The van der Waals surface area contributed by atoms with Crippen molar-refractivity contribution in [2.24, 2.45) is 0 Å². The average molecular weight is 292 g/mol. The minimum atomic E-state index is -4.40. The molecule has 0 aliphatic heterocycles. The summed E-state index contributed by atoms with van der Waals surface area (Å²) < 4.78 is 0. The second-order valence-corrected chi connectivity index (χ2v) is 6.93. The Hall–Kier alpha value is 0.0500. The third-order valence-corrected chi connectivity index (χ3v) is 3.50. The van der Waals surface area contributed by atoms with Gasteiger partial charge in [-0.1, -0.05) is 0 Å². The van der Waals surface area contributed by atoms with Crippen molar-refractivity contribution in [1.82, 2.24) is 0 Å². The predicted molar refractivity (Wildman–Crippen MR) is 55.1 cm³/mol. The zero-order chi connectivity index (χ0) is 13.7. The molecule has 11 heteroatoms. The quantitative estimate of drug-likeness (QED) is 0.245. The van der Waals surface area contributed by atoms with Crippen LogP contribution in [0.15, 0.2) is 0 Å². The number of rotatable bonds is 8. The van der Waals surface area contributed by atoms with E-state index in [1.165, 1.54) is 0 Å². The number of carboxylic acids is 1. The molecule has 0 amide bonds. The first-order chi connectivity index (χ1) is 7.49. The van der Waals surface area contributed by atoms with Crippen LogP contribution in [0, 0.1) is 0 Å². The molecule has 0 atom stereocenters. The Morgan fingerprint density at radius 3 is 1.76 bits per heavy atom. The molecule has 0 spiro atoms. The van der Waals surface area contributed by atoms with E-state index in [-0.39, 0.29) is 24.3 Å². The maximum absolute atomic E-state index is 10.7. The minimum Gasteiger partial charge on any atom is -0.627 e. The van der Waals surface area contributed by atoms with Crippen molar-refractivity contribution in [3.05, 3.63) is 0 Å².